The first-order valence-corrected chi connectivity index (χ1v) is 8.07. The van der Waals surface area contributed by atoms with Crippen LogP contribution in [0.25, 0.3) is 0 Å². The van der Waals surface area contributed by atoms with Gasteiger partial charge in [-0.15, -0.1) is 0 Å². The van der Waals surface area contributed by atoms with Crippen molar-refractivity contribution < 1.29 is 28.0 Å². The molecular formula is C16H34N2O4+2. The number of rotatable bonds is 11. The van der Waals surface area contributed by atoms with E-state index in [-0.39, 0.29) is 24.8 Å². The summed E-state index contributed by atoms with van der Waals surface area (Å²) in [5.74, 6) is -0.671. The summed E-state index contributed by atoms with van der Waals surface area (Å²) in [6, 6.07) is 0. The number of nitrogens with zero attached hydrogens (tertiary/aromatic N) is 2. The summed E-state index contributed by atoms with van der Waals surface area (Å²) >= 11 is 0. The molecule has 0 radical (unpaired) electrons. The Morgan fingerprint density at radius 2 is 1.18 bits per heavy atom. The van der Waals surface area contributed by atoms with Gasteiger partial charge in [-0.1, -0.05) is 0 Å². The maximum absolute atomic E-state index is 11.6. The molecule has 0 amide bonds. The molecule has 6 nitrogen and oxygen atoms in total. The Hall–Kier alpha value is -1.14. The second kappa shape index (κ2) is 9.79. The predicted octanol–water partition coefficient (Wildman–Crippen LogP) is 1.05. The fraction of sp³-hybridized carbons (Fsp3) is 0.875. The van der Waals surface area contributed by atoms with Gasteiger partial charge in [0.25, 0.3) is 0 Å². The third-order valence-electron chi connectivity index (χ3n) is 3.98. The van der Waals surface area contributed by atoms with Crippen molar-refractivity contribution in [3.05, 3.63) is 0 Å². The average molecular weight is 318 g/mol. The van der Waals surface area contributed by atoms with Crippen LogP contribution in [0.3, 0.4) is 0 Å². The lowest BCUT2D eigenvalue weighted by atomic mass is 10.3. The number of esters is 2. The normalized spacial score (nSPS) is 12.1. The molecule has 0 heterocycles. The largest absolute Gasteiger partial charge is 0.460 e. The highest BCUT2D eigenvalue weighted by atomic mass is 16.5. The van der Waals surface area contributed by atoms with Gasteiger partial charge in [-0.2, -0.15) is 0 Å². The molecule has 0 aliphatic carbocycles. The molecule has 0 N–H and O–H groups in total. The van der Waals surface area contributed by atoms with Gasteiger partial charge in [0.05, 0.1) is 54.1 Å². The Kier molecular flexibility index (Phi) is 9.28. The van der Waals surface area contributed by atoms with Gasteiger partial charge in [0, 0.05) is 0 Å². The van der Waals surface area contributed by atoms with Gasteiger partial charge >= 0.3 is 11.9 Å². The molecule has 0 aliphatic heterocycles. The molecule has 0 fully saturated rings. The van der Waals surface area contributed by atoms with Crippen LogP contribution in [0.1, 0.15) is 26.7 Å². The van der Waals surface area contributed by atoms with Crippen molar-refractivity contribution in [2.75, 3.05) is 67.6 Å². The molecule has 0 saturated heterocycles. The highest BCUT2D eigenvalue weighted by Gasteiger charge is 2.17. The van der Waals surface area contributed by atoms with Crippen LogP contribution in [-0.4, -0.2) is 88.5 Å². The maximum Gasteiger partial charge on any atom is 0.306 e. The summed E-state index contributed by atoms with van der Waals surface area (Å²) in [5, 5.41) is 0. The fourth-order valence-corrected chi connectivity index (χ4v) is 1.70. The zero-order valence-corrected chi connectivity index (χ0v) is 15.2. The summed E-state index contributed by atoms with van der Waals surface area (Å²) in [7, 11) is 8.23. The van der Waals surface area contributed by atoms with Crippen molar-refractivity contribution in [3.63, 3.8) is 0 Å². The van der Waals surface area contributed by atoms with Gasteiger partial charge in [-0.3, -0.25) is 9.59 Å². The number of hydrogen-bond acceptors (Lipinski definition) is 4. The Morgan fingerprint density at radius 1 is 0.773 bits per heavy atom. The summed E-state index contributed by atoms with van der Waals surface area (Å²) < 4.78 is 11.9. The van der Waals surface area contributed by atoms with E-state index in [1.165, 1.54) is 0 Å². The number of carbonyl (C=O) groups is 2. The van der Waals surface area contributed by atoms with Crippen molar-refractivity contribution in [1.82, 2.24) is 0 Å². The zero-order valence-electron chi connectivity index (χ0n) is 15.2. The minimum absolute atomic E-state index is 0.0870. The SMILES string of the molecule is CC[N+](C)(CC)CCOC(=O)CCC(=O)OCC[N+](C)(C)C. The Bertz CT molecular complexity index is 347. The Morgan fingerprint density at radius 3 is 1.55 bits per heavy atom. The molecule has 0 rings (SSSR count). The lowest BCUT2D eigenvalue weighted by molar-refractivity contribution is -0.906. The first kappa shape index (κ1) is 20.9. The van der Waals surface area contributed by atoms with E-state index in [0.717, 1.165) is 35.1 Å². The van der Waals surface area contributed by atoms with E-state index in [9.17, 15) is 9.59 Å². The monoisotopic (exact) mass is 318 g/mol. The van der Waals surface area contributed by atoms with Crippen LogP contribution in [0.15, 0.2) is 0 Å². The fourth-order valence-electron chi connectivity index (χ4n) is 1.70. The van der Waals surface area contributed by atoms with Crippen LogP contribution in [0.2, 0.25) is 0 Å². The third kappa shape index (κ3) is 10.6. The van der Waals surface area contributed by atoms with Crippen LogP contribution in [-0.2, 0) is 19.1 Å². The molecule has 22 heavy (non-hydrogen) atoms. The average Bonchev–Trinajstić information content (AvgIpc) is 2.43. The standard InChI is InChI=1S/C16H34N2O4/c1-7-18(6,8-2)12-14-22-16(20)10-9-15(19)21-13-11-17(3,4)5/h7-14H2,1-6H3/q+2. The molecule has 0 saturated carbocycles. The van der Waals surface area contributed by atoms with E-state index in [1.54, 1.807) is 0 Å². The van der Waals surface area contributed by atoms with Crippen LogP contribution >= 0.6 is 0 Å². The van der Waals surface area contributed by atoms with E-state index >= 15 is 0 Å². The van der Waals surface area contributed by atoms with Crippen molar-refractivity contribution >= 4 is 11.9 Å². The van der Waals surface area contributed by atoms with Gasteiger partial charge < -0.3 is 18.4 Å². The van der Waals surface area contributed by atoms with Crippen LogP contribution in [0, 0.1) is 0 Å². The lowest BCUT2D eigenvalue weighted by Crippen LogP contribution is -2.46. The molecular weight excluding hydrogens is 284 g/mol. The number of carbonyl (C=O) groups excluding carboxylic acids is 2. The number of ether oxygens (including phenoxy) is 2. The molecule has 130 valence electrons. The van der Waals surface area contributed by atoms with Crippen molar-refractivity contribution in [3.8, 4) is 0 Å². The maximum atomic E-state index is 11.6. The first-order chi connectivity index (χ1) is 10.1. The molecule has 0 bridgehead atoms. The van der Waals surface area contributed by atoms with E-state index in [0.29, 0.717) is 13.2 Å². The summed E-state index contributed by atoms with van der Waals surface area (Å²) in [5.41, 5.74) is 0. The summed E-state index contributed by atoms with van der Waals surface area (Å²) in [4.78, 5) is 23.1. The molecule has 0 aromatic rings. The quantitative estimate of drug-likeness (QED) is 0.422. The van der Waals surface area contributed by atoms with Gasteiger partial charge in [0.15, 0.2) is 0 Å². The molecule has 0 aromatic heterocycles. The minimum Gasteiger partial charge on any atom is -0.460 e. The summed E-state index contributed by atoms with van der Waals surface area (Å²) in [6.07, 6.45) is 0.175. The number of likely N-dealkylation sites (N-methyl/N-ethyl adjacent to an activating group) is 2. The number of quaternary nitrogens is 2. The van der Waals surface area contributed by atoms with Crippen molar-refractivity contribution in [1.29, 1.82) is 0 Å². The van der Waals surface area contributed by atoms with Gasteiger partial charge in [0.2, 0.25) is 0 Å². The molecule has 0 aliphatic rings. The Labute approximate surface area is 135 Å². The zero-order chi connectivity index (χ0) is 17.2. The van der Waals surface area contributed by atoms with Gasteiger partial charge in [-0.05, 0) is 13.8 Å². The molecule has 0 unspecified atom stereocenters. The smallest absolute Gasteiger partial charge is 0.306 e. The summed E-state index contributed by atoms with van der Waals surface area (Å²) in [6.45, 7) is 8.58. The molecule has 0 atom stereocenters. The van der Waals surface area contributed by atoms with E-state index in [1.807, 2.05) is 21.1 Å². The third-order valence-corrected chi connectivity index (χ3v) is 3.98. The minimum atomic E-state index is -0.340. The van der Waals surface area contributed by atoms with E-state index in [4.69, 9.17) is 9.47 Å². The molecule has 0 aromatic carbocycles. The highest BCUT2D eigenvalue weighted by molar-refractivity contribution is 5.77. The van der Waals surface area contributed by atoms with Gasteiger partial charge in [0.1, 0.15) is 26.3 Å². The second-order valence-corrected chi connectivity index (χ2v) is 6.93. The van der Waals surface area contributed by atoms with Crippen LogP contribution in [0.4, 0.5) is 0 Å². The Balaban J connectivity index is 3.79. The first-order valence-electron chi connectivity index (χ1n) is 8.07. The lowest BCUT2D eigenvalue weighted by Gasteiger charge is -2.31. The van der Waals surface area contributed by atoms with Gasteiger partial charge in [-0.25, -0.2) is 0 Å². The topological polar surface area (TPSA) is 52.6 Å². The van der Waals surface area contributed by atoms with Crippen LogP contribution < -0.4 is 0 Å². The second-order valence-electron chi connectivity index (χ2n) is 6.93. The molecule has 6 heteroatoms. The van der Waals surface area contributed by atoms with Crippen LogP contribution in [0.5, 0.6) is 0 Å². The van der Waals surface area contributed by atoms with E-state index in [2.05, 4.69) is 20.9 Å². The predicted molar refractivity (Wildman–Crippen MR) is 86.2 cm³/mol. The van der Waals surface area contributed by atoms with E-state index < -0.39 is 0 Å². The molecule has 0 spiro atoms. The van der Waals surface area contributed by atoms with Crippen molar-refractivity contribution in [2.45, 2.75) is 26.7 Å². The van der Waals surface area contributed by atoms with Crippen molar-refractivity contribution in [2.24, 2.45) is 0 Å². The number of hydrogen-bond donors (Lipinski definition) is 0. The highest BCUT2D eigenvalue weighted by Crippen LogP contribution is 2.02.